The van der Waals surface area contributed by atoms with E-state index in [1.807, 2.05) is 0 Å². The fourth-order valence-corrected chi connectivity index (χ4v) is 4.49. The van der Waals surface area contributed by atoms with Crippen LogP contribution in [0.4, 0.5) is 14.5 Å². The molecule has 0 aliphatic rings. The van der Waals surface area contributed by atoms with Gasteiger partial charge in [-0.2, -0.15) is 0 Å². The van der Waals surface area contributed by atoms with Crippen molar-refractivity contribution in [1.29, 1.82) is 0 Å². The van der Waals surface area contributed by atoms with Crippen LogP contribution in [0.1, 0.15) is 27.8 Å². The molecule has 7 nitrogen and oxygen atoms in total. The molecule has 4 aromatic rings. The standard InChI is InChI=1S/C24H20F2N4O3S/c1-30-14-13-27-23(30)22(16-9-11-18(25)12-10-16)28-24(31)17-5-4-6-19(15-17)34(32,33)29-21-8-3-2-7-20(21)26/h2-15,22,29H,1H3,(H,28,31). The van der Waals surface area contributed by atoms with Crippen LogP contribution < -0.4 is 10.0 Å². The molecule has 2 N–H and O–H groups in total. The normalized spacial score (nSPS) is 12.2. The number of hydrogen-bond donors (Lipinski definition) is 2. The lowest BCUT2D eigenvalue weighted by atomic mass is 10.1. The van der Waals surface area contributed by atoms with Crippen molar-refractivity contribution >= 4 is 21.6 Å². The molecule has 0 radical (unpaired) electrons. The van der Waals surface area contributed by atoms with Gasteiger partial charge in [0, 0.05) is 25.0 Å². The topological polar surface area (TPSA) is 93.1 Å². The fourth-order valence-electron chi connectivity index (χ4n) is 3.37. The van der Waals surface area contributed by atoms with Crippen LogP contribution in [-0.2, 0) is 17.1 Å². The van der Waals surface area contributed by atoms with Crippen LogP contribution in [0.3, 0.4) is 0 Å². The molecule has 1 atom stereocenters. The Morgan fingerprint density at radius 1 is 1.00 bits per heavy atom. The molecule has 1 heterocycles. The number of nitrogens with zero attached hydrogens (tertiary/aromatic N) is 2. The number of halogens is 2. The summed E-state index contributed by atoms with van der Waals surface area (Å²) in [6.07, 6.45) is 3.28. The smallest absolute Gasteiger partial charge is 0.262 e. The molecule has 0 aliphatic heterocycles. The molecule has 1 unspecified atom stereocenters. The van der Waals surface area contributed by atoms with Crippen molar-refractivity contribution < 1.29 is 22.0 Å². The third kappa shape index (κ3) is 4.96. The number of hydrogen-bond acceptors (Lipinski definition) is 4. The van der Waals surface area contributed by atoms with Crippen molar-refractivity contribution in [2.45, 2.75) is 10.9 Å². The molecule has 0 bridgehead atoms. The van der Waals surface area contributed by atoms with Crippen molar-refractivity contribution in [3.63, 3.8) is 0 Å². The lowest BCUT2D eigenvalue weighted by molar-refractivity contribution is 0.0941. The third-order valence-electron chi connectivity index (χ3n) is 5.12. The second kappa shape index (κ2) is 9.44. The molecule has 0 spiro atoms. The van der Waals surface area contributed by atoms with Crippen molar-refractivity contribution in [2.24, 2.45) is 7.05 Å². The summed E-state index contributed by atoms with van der Waals surface area (Å²) in [5.41, 5.74) is 0.454. The Kier molecular flexibility index (Phi) is 6.42. The minimum absolute atomic E-state index is 0.0673. The number of rotatable bonds is 7. The summed E-state index contributed by atoms with van der Waals surface area (Å²) in [5, 5.41) is 2.83. The van der Waals surface area contributed by atoms with E-state index in [-0.39, 0.29) is 16.1 Å². The first kappa shape index (κ1) is 23.1. The number of imidazole rings is 1. The molecular formula is C24H20F2N4O3S. The van der Waals surface area contributed by atoms with E-state index in [9.17, 15) is 22.0 Å². The second-order valence-corrected chi connectivity index (χ2v) is 9.15. The number of aromatic nitrogens is 2. The number of aryl methyl sites for hydroxylation is 1. The van der Waals surface area contributed by atoms with Crippen LogP contribution in [0.25, 0.3) is 0 Å². The second-order valence-electron chi connectivity index (χ2n) is 7.47. The quantitative estimate of drug-likeness (QED) is 0.416. The molecule has 3 aromatic carbocycles. The first-order valence-electron chi connectivity index (χ1n) is 10.2. The Hall–Kier alpha value is -4.05. The van der Waals surface area contributed by atoms with Gasteiger partial charge < -0.3 is 9.88 Å². The van der Waals surface area contributed by atoms with Gasteiger partial charge in [0.25, 0.3) is 15.9 Å². The largest absolute Gasteiger partial charge is 0.338 e. The van der Waals surface area contributed by atoms with Gasteiger partial charge in [-0.3, -0.25) is 9.52 Å². The zero-order valence-electron chi connectivity index (χ0n) is 17.9. The highest BCUT2D eigenvalue weighted by molar-refractivity contribution is 7.92. The van der Waals surface area contributed by atoms with Gasteiger partial charge in [0.15, 0.2) is 0 Å². The van der Waals surface area contributed by atoms with Crippen LogP contribution in [0.2, 0.25) is 0 Å². The highest BCUT2D eigenvalue weighted by atomic mass is 32.2. The van der Waals surface area contributed by atoms with E-state index in [4.69, 9.17) is 0 Å². The van der Waals surface area contributed by atoms with Crippen molar-refractivity contribution in [3.8, 4) is 0 Å². The molecule has 0 saturated carbocycles. The van der Waals surface area contributed by atoms with Gasteiger partial charge in [-0.05, 0) is 48.0 Å². The summed E-state index contributed by atoms with van der Waals surface area (Å²) in [4.78, 5) is 17.2. The summed E-state index contributed by atoms with van der Waals surface area (Å²) in [7, 11) is -2.40. The molecule has 0 aliphatic carbocycles. The first-order chi connectivity index (χ1) is 16.2. The summed E-state index contributed by atoms with van der Waals surface area (Å²) in [6.45, 7) is 0. The molecular weight excluding hydrogens is 462 g/mol. The lowest BCUT2D eigenvalue weighted by Crippen LogP contribution is -2.31. The Morgan fingerprint density at radius 3 is 2.41 bits per heavy atom. The van der Waals surface area contributed by atoms with E-state index in [1.54, 1.807) is 24.0 Å². The summed E-state index contributed by atoms with van der Waals surface area (Å²) >= 11 is 0. The molecule has 0 fully saturated rings. The number of amides is 1. The van der Waals surface area contributed by atoms with Crippen LogP contribution in [0.15, 0.2) is 90.1 Å². The summed E-state index contributed by atoms with van der Waals surface area (Å²) in [6, 6.07) is 15.6. The molecule has 1 amide bonds. The van der Waals surface area contributed by atoms with Crippen molar-refractivity contribution in [2.75, 3.05) is 4.72 Å². The maximum Gasteiger partial charge on any atom is 0.262 e. The van der Waals surface area contributed by atoms with Crippen LogP contribution >= 0.6 is 0 Å². The van der Waals surface area contributed by atoms with Crippen molar-refractivity contribution in [3.05, 3.63) is 114 Å². The van der Waals surface area contributed by atoms with Gasteiger partial charge in [-0.15, -0.1) is 0 Å². The SMILES string of the molecule is Cn1ccnc1C(NC(=O)c1cccc(S(=O)(=O)Nc2ccccc2F)c1)c1ccc(F)cc1. The van der Waals surface area contributed by atoms with Crippen LogP contribution in [0.5, 0.6) is 0 Å². The van der Waals surface area contributed by atoms with Gasteiger partial charge in [0.05, 0.1) is 10.6 Å². The maximum absolute atomic E-state index is 13.9. The number of anilines is 1. The van der Waals surface area contributed by atoms with E-state index in [0.717, 1.165) is 6.07 Å². The van der Waals surface area contributed by atoms with E-state index >= 15 is 0 Å². The number of carbonyl (C=O) groups excluding carboxylic acids is 1. The molecule has 0 saturated heterocycles. The van der Waals surface area contributed by atoms with Crippen molar-refractivity contribution in [1.82, 2.24) is 14.9 Å². The number of para-hydroxylation sites is 1. The van der Waals surface area contributed by atoms with E-state index < -0.39 is 33.6 Å². The number of benzene rings is 3. The summed E-state index contributed by atoms with van der Waals surface area (Å²) < 4.78 is 56.8. The fraction of sp³-hybridized carbons (Fsp3) is 0.0833. The Morgan fingerprint density at radius 2 is 1.74 bits per heavy atom. The van der Waals surface area contributed by atoms with E-state index in [1.165, 1.54) is 66.7 Å². The first-order valence-corrected chi connectivity index (χ1v) is 11.6. The average Bonchev–Trinajstić information content (AvgIpc) is 3.25. The Labute approximate surface area is 195 Å². The predicted molar refractivity (Wildman–Crippen MR) is 123 cm³/mol. The van der Waals surface area contributed by atoms with E-state index in [2.05, 4.69) is 15.0 Å². The maximum atomic E-state index is 13.9. The van der Waals surface area contributed by atoms with Gasteiger partial charge in [-0.25, -0.2) is 22.2 Å². The number of nitrogens with one attached hydrogen (secondary N) is 2. The van der Waals surface area contributed by atoms with Gasteiger partial charge in [0.2, 0.25) is 0 Å². The minimum atomic E-state index is -4.16. The molecule has 34 heavy (non-hydrogen) atoms. The molecule has 4 rings (SSSR count). The highest BCUT2D eigenvalue weighted by Crippen LogP contribution is 2.23. The predicted octanol–water partition coefficient (Wildman–Crippen LogP) is 4.02. The monoisotopic (exact) mass is 482 g/mol. The average molecular weight is 483 g/mol. The minimum Gasteiger partial charge on any atom is -0.338 e. The lowest BCUT2D eigenvalue weighted by Gasteiger charge is -2.19. The van der Waals surface area contributed by atoms with Crippen LogP contribution in [-0.4, -0.2) is 23.9 Å². The number of sulfonamides is 1. The summed E-state index contributed by atoms with van der Waals surface area (Å²) in [5.74, 6) is -1.21. The van der Waals surface area contributed by atoms with Gasteiger partial charge in [-0.1, -0.05) is 30.3 Å². The highest BCUT2D eigenvalue weighted by Gasteiger charge is 2.23. The molecule has 10 heteroatoms. The van der Waals surface area contributed by atoms with Gasteiger partial charge in [0.1, 0.15) is 23.5 Å². The van der Waals surface area contributed by atoms with Gasteiger partial charge >= 0.3 is 0 Å². The van der Waals surface area contributed by atoms with Crippen LogP contribution in [0, 0.1) is 11.6 Å². The third-order valence-corrected chi connectivity index (χ3v) is 6.48. The zero-order valence-corrected chi connectivity index (χ0v) is 18.8. The Bertz CT molecular complexity index is 1440. The van der Waals surface area contributed by atoms with E-state index in [0.29, 0.717) is 11.4 Å². The zero-order chi connectivity index (χ0) is 24.3. The number of carbonyl (C=O) groups is 1. The molecule has 1 aromatic heterocycles. The Balaban J connectivity index is 1.62. The molecule has 174 valence electrons.